The summed E-state index contributed by atoms with van der Waals surface area (Å²) in [6.07, 6.45) is 1.62. The fourth-order valence-electron chi connectivity index (χ4n) is 2.52. The van der Waals surface area contributed by atoms with Gasteiger partial charge in [0, 0.05) is 29.0 Å². The van der Waals surface area contributed by atoms with Crippen molar-refractivity contribution in [2.24, 2.45) is 0 Å². The molecule has 0 radical (unpaired) electrons. The lowest BCUT2D eigenvalue weighted by molar-refractivity contribution is 0.0983. The molecule has 0 aliphatic carbocycles. The summed E-state index contributed by atoms with van der Waals surface area (Å²) in [5, 5.41) is 8.56. The first-order chi connectivity index (χ1) is 11.2. The second-order valence-corrected chi connectivity index (χ2v) is 7.87. The highest BCUT2D eigenvalue weighted by Crippen LogP contribution is 2.35. The summed E-state index contributed by atoms with van der Waals surface area (Å²) in [5.74, 6) is 0. The second kappa shape index (κ2) is 7.63. The Morgan fingerprint density at radius 2 is 2.26 bits per heavy atom. The third kappa shape index (κ3) is 4.05. The van der Waals surface area contributed by atoms with E-state index in [1.54, 1.807) is 27.6 Å². The number of piperidine rings is 1. The molecule has 0 saturated carbocycles. The number of thiazole rings is 1. The number of hydrogen-bond donors (Lipinski definition) is 1. The Kier molecular flexibility index (Phi) is 5.55. The van der Waals surface area contributed by atoms with Gasteiger partial charge in [0.25, 0.3) is 0 Å². The van der Waals surface area contributed by atoms with Crippen molar-refractivity contribution in [2.45, 2.75) is 25.8 Å². The largest absolute Gasteiger partial charge is 0.450 e. The van der Waals surface area contributed by atoms with Crippen LogP contribution in [0.25, 0.3) is 10.6 Å². The van der Waals surface area contributed by atoms with E-state index < -0.39 is 0 Å². The molecule has 5 nitrogen and oxygen atoms in total. The summed E-state index contributed by atoms with van der Waals surface area (Å²) in [4.78, 5) is 19.3. The van der Waals surface area contributed by atoms with E-state index in [0.29, 0.717) is 12.6 Å². The van der Waals surface area contributed by atoms with E-state index >= 15 is 0 Å². The fraction of sp³-hybridized carbons (Fsp3) is 0.467. The predicted molar refractivity (Wildman–Crippen MR) is 98.4 cm³/mol. The number of halogens is 1. The number of amides is 1. The third-order valence-electron chi connectivity index (χ3n) is 3.70. The van der Waals surface area contributed by atoms with Gasteiger partial charge in [0.05, 0.1) is 17.2 Å². The van der Waals surface area contributed by atoms with Gasteiger partial charge in [-0.15, -0.1) is 22.7 Å². The molecule has 1 aliphatic heterocycles. The number of aromatic nitrogens is 1. The van der Waals surface area contributed by atoms with Gasteiger partial charge in [0.1, 0.15) is 0 Å². The zero-order valence-electron chi connectivity index (χ0n) is 12.8. The molecule has 0 aromatic carbocycles. The maximum atomic E-state index is 11.7. The van der Waals surface area contributed by atoms with Crippen molar-refractivity contribution in [1.82, 2.24) is 9.88 Å². The molecule has 1 fully saturated rings. The number of likely N-dealkylation sites (tertiary alicyclic amines) is 1. The van der Waals surface area contributed by atoms with Crippen LogP contribution in [-0.2, 0) is 4.74 Å². The molecule has 2 aromatic rings. The number of carbonyl (C=O) groups is 1. The van der Waals surface area contributed by atoms with Crippen LogP contribution >= 0.6 is 38.6 Å². The number of carbonyl (C=O) groups excluding carboxylic acids is 1. The zero-order valence-corrected chi connectivity index (χ0v) is 16.0. The van der Waals surface area contributed by atoms with Crippen LogP contribution in [0.3, 0.4) is 0 Å². The number of nitrogens with zero attached hydrogens (tertiary/aromatic N) is 2. The van der Waals surface area contributed by atoms with Gasteiger partial charge in [-0.3, -0.25) is 0 Å². The van der Waals surface area contributed by atoms with E-state index in [0.717, 1.165) is 46.1 Å². The van der Waals surface area contributed by atoms with E-state index in [2.05, 4.69) is 37.0 Å². The molecule has 1 saturated heterocycles. The van der Waals surface area contributed by atoms with Crippen LogP contribution in [0.1, 0.15) is 19.8 Å². The quantitative estimate of drug-likeness (QED) is 0.787. The smallest absolute Gasteiger partial charge is 0.409 e. The molecule has 0 atom stereocenters. The van der Waals surface area contributed by atoms with E-state index in [9.17, 15) is 4.79 Å². The summed E-state index contributed by atoms with van der Waals surface area (Å²) in [6, 6.07) is 2.39. The first kappa shape index (κ1) is 16.7. The Balaban J connectivity index is 1.54. The maximum absolute atomic E-state index is 11.7. The van der Waals surface area contributed by atoms with Crippen molar-refractivity contribution in [3.8, 4) is 10.6 Å². The standard InChI is InChI=1S/C15H18BrN3O2S2/c1-2-21-15(20)19-6-3-10(4-7-19)17-14-18-12(9-23-14)13-11(16)5-8-22-13/h5,8-10H,2-4,6-7H2,1H3,(H,17,18). The lowest BCUT2D eigenvalue weighted by atomic mass is 10.1. The SMILES string of the molecule is CCOC(=O)N1CCC(Nc2nc(-c3sccc3Br)cs2)CC1. The molecular weight excluding hydrogens is 398 g/mol. The molecule has 0 spiro atoms. The second-order valence-electron chi connectivity index (χ2n) is 5.24. The Labute approximate surface area is 151 Å². The number of ether oxygens (including phenoxy) is 1. The van der Waals surface area contributed by atoms with Gasteiger partial charge in [-0.2, -0.15) is 0 Å². The summed E-state index contributed by atoms with van der Waals surface area (Å²) < 4.78 is 6.13. The third-order valence-corrected chi connectivity index (χ3v) is 6.34. The first-order valence-electron chi connectivity index (χ1n) is 7.54. The average Bonchev–Trinajstić information content (AvgIpc) is 3.17. The summed E-state index contributed by atoms with van der Waals surface area (Å²) in [6.45, 7) is 3.71. The summed E-state index contributed by atoms with van der Waals surface area (Å²) in [7, 11) is 0. The molecule has 124 valence electrons. The van der Waals surface area contributed by atoms with Gasteiger partial charge in [-0.25, -0.2) is 9.78 Å². The maximum Gasteiger partial charge on any atom is 0.409 e. The molecule has 1 amide bonds. The Morgan fingerprint density at radius 1 is 1.48 bits per heavy atom. The average molecular weight is 416 g/mol. The lowest BCUT2D eigenvalue weighted by Gasteiger charge is -2.31. The van der Waals surface area contributed by atoms with Crippen LogP contribution in [0.15, 0.2) is 21.3 Å². The van der Waals surface area contributed by atoms with Gasteiger partial charge < -0.3 is 15.0 Å². The molecule has 1 aliphatic rings. The number of thiophene rings is 1. The topological polar surface area (TPSA) is 54.5 Å². The minimum atomic E-state index is -0.204. The van der Waals surface area contributed by atoms with Crippen LogP contribution in [0.4, 0.5) is 9.93 Å². The van der Waals surface area contributed by atoms with E-state index in [-0.39, 0.29) is 6.09 Å². The van der Waals surface area contributed by atoms with E-state index in [1.165, 1.54) is 0 Å². The molecule has 0 bridgehead atoms. The van der Waals surface area contributed by atoms with Crippen molar-refractivity contribution in [3.05, 3.63) is 21.3 Å². The lowest BCUT2D eigenvalue weighted by Crippen LogP contribution is -2.42. The van der Waals surface area contributed by atoms with Gasteiger partial charge in [0.2, 0.25) is 0 Å². The van der Waals surface area contributed by atoms with E-state index in [1.807, 2.05) is 13.0 Å². The van der Waals surface area contributed by atoms with Gasteiger partial charge in [-0.05, 0) is 47.1 Å². The van der Waals surface area contributed by atoms with Crippen molar-refractivity contribution in [3.63, 3.8) is 0 Å². The number of hydrogen-bond acceptors (Lipinski definition) is 6. The summed E-state index contributed by atoms with van der Waals surface area (Å²) in [5.41, 5.74) is 1.00. The zero-order chi connectivity index (χ0) is 16.2. The minimum Gasteiger partial charge on any atom is -0.450 e. The van der Waals surface area contributed by atoms with Crippen LogP contribution in [0.2, 0.25) is 0 Å². The van der Waals surface area contributed by atoms with Crippen LogP contribution in [-0.4, -0.2) is 41.7 Å². The highest BCUT2D eigenvalue weighted by atomic mass is 79.9. The fourth-order valence-corrected chi connectivity index (χ4v) is 4.91. The van der Waals surface area contributed by atoms with Crippen molar-refractivity contribution in [1.29, 1.82) is 0 Å². The number of nitrogens with one attached hydrogen (secondary N) is 1. The molecule has 3 heterocycles. The number of rotatable bonds is 4. The Hall–Kier alpha value is -1.12. The van der Waals surface area contributed by atoms with Crippen LogP contribution in [0.5, 0.6) is 0 Å². The molecule has 8 heteroatoms. The Morgan fingerprint density at radius 3 is 2.91 bits per heavy atom. The molecule has 0 unspecified atom stereocenters. The van der Waals surface area contributed by atoms with Gasteiger partial charge >= 0.3 is 6.09 Å². The molecule has 23 heavy (non-hydrogen) atoms. The van der Waals surface area contributed by atoms with Crippen molar-refractivity contribution in [2.75, 3.05) is 25.0 Å². The minimum absolute atomic E-state index is 0.204. The number of anilines is 1. The predicted octanol–water partition coefficient (Wildman–Crippen LogP) is 4.67. The van der Waals surface area contributed by atoms with E-state index in [4.69, 9.17) is 4.74 Å². The highest BCUT2D eigenvalue weighted by molar-refractivity contribution is 9.10. The highest BCUT2D eigenvalue weighted by Gasteiger charge is 2.24. The molecule has 2 aromatic heterocycles. The molecule has 1 N–H and O–H groups in total. The van der Waals surface area contributed by atoms with Gasteiger partial charge in [0.15, 0.2) is 5.13 Å². The van der Waals surface area contributed by atoms with Crippen LogP contribution < -0.4 is 5.32 Å². The molecule has 3 rings (SSSR count). The summed E-state index contributed by atoms with van der Waals surface area (Å²) >= 11 is 6.85. The normalized spacial score (nSPS) is 15.7. The monoisotopic (exact) mass is 415 g/mol. The van der Waals surface area contributed by atoms with Crippen molar-refractivity contribution >= 4 is 49.8 Å². The van der Waals surface area contributed by atoms with Crippen molar-refractivity contribution < 1.29 is 9.53 Å². The first-order valence-corrected chi connectivity index (χ1v) is 10.1. The Bertz CT molecular complexity index is 665. The van der Waals surface area contributed by atoms with Crippen LogP contribution in [0, 0.1) is 0 Å². The molecular formula is C15H18BrN3O2S2. The van der Waals surface area contributed by atoms with Gasteiger partial charge in [-0.1, -0.05) is 0 Å².